The zero-order valence-corrected chi connectivity index (χ0v) is 9.21. The van der Waals surface area contributed by atoms with E-state index in [9.17, 15) is 0 Å². The Morgan fingerprint density at radius 3 is 2.27 bits per heavy atom. The fourth-order valence-corrected chi connectivity index (χ4v) is 1.51. The molecule has 0 unspecified atom stereocenters. The van der Waals surface area contributed by atoms with Gasteiger partial charge in [-0.15, -0.1) is 12.4 Å². The first-order valence-corrected chi connectivity index (χ1v) is 4.70. The third-order valence-electron chi connectivity index (χ3n) is 2.36. The van der Waals surface area contributed by atoms with Crippen LogP contribution in [0.15, 0.2) is 48.6 Å². The van der Waals surface area contributed by atoms with Crippen LogP contribution in [-0.4, -0.2) is 5.66 Å². The molecule has 0 aromatic heterocycles. The summed E-state index contributed by atoms with van der Waals surface area (Å²) in [5, 5.41) is 0. The summed E-state index contributed by atoms with van der Waals surface area (Å²) in [4.78, 5) is 0. The van der Waals surface area contributed by atoms with Crippen molar-refractivity contribution < 1.29 is 0 Å². The molecular formula is C12H15ClN2. The van der Waals surface area contributed by atoms with Gasteiger partial charge in [0.05, 0.1) is 5.66 Å². The van der Waals surface area contributed by atoms with Crippen molar-refractivity contribution in [1.29, 1.82) is 0 Å². The van der Waals surface area contributed by atoms with Gasteiger partial charge in [-0.2, -0.15) is 0 Å². The molecule has 0 fully saturated rings. The van der Waals surface area contributed by atoms with Crippen molar-refractivity contribution in [3.8, 4) is 0 Å². The second kappa shape index (κ2) is 4.62. The second-order valence-corrected chi connectivity index (χ2v) is 3.68. The van der Waals surface area contributed by atoms with Gasteiger partial charge in [-0.05, 0) is 17.2 Å². The van der Waals surface area contributed by atoms with E-state index in [2.05, 4.69) is 18.2 Å². The first-order chi connectivity index (χ1) is 6.67. The quantitative estimate of drug-likeness (QED) is 0.715. The van der Waals surface area contributed by atoms with Gasteiger partial charge in [0.15, 0.2) is 0 Å². The van der Waals surface area contributed by atoms with E-state index in [0.717, 1.165) is 0 Å². The number of rotatable bonds is 1. The van der Waals surface area contributed by atoms with Gasteiger partial charge in [-0.25, -0.2) is 0 Å². The van der Waals surface area contributed by atoms with Gasteiger partial charge in [-0.1, -0.05) is 42.5 Å². The van der Waals surface area contributed by atoms with Crippen LogP contribution in [-0.2, 0) is 0 Å². The first-order valence-electron chi connectivity index (χ1n) is 4.70. The van der Waals surface area contributed by atoms with Crippen LogP contribution in [0.3, 0.4) is 0 Å². The van der Waals surface area contributed by atoms with E-state index in [1.54, 1.807) is 0 Å². The number of hydrogen-bond donors (Lipinski definition) is 2. The molecule has 0 spiro atoms. The Morgan fingerprint density at radius 2 is 1.73 bits per heavy atom. The predicted molar refractivity (Wildman–Crippen MR) is 66.5 cm³/mol. The normalized spacial score (nSPS) is 17.9. The maximum absolute atomic E-state index is 5.76. The smallest absolute Gasteiger partial charge is 0.0867 e. The van der Waals surface area contributed by atoms with Gasteiger partial charge < -0.3 is 11.5 Å². The van der Waals surface area contributed by atoms with E-state index in [0.29, 0.717) is 6.42 Å². The van der Waals surface area contributed by atoms with Crippen molar-refractivity contribution >= 4 is 18.0 Å². The van der Waals surface area contributed by atoms with Crippen LogP contribution in [0.5, 0.6) is 0 Å². The van der Waals surface area contributed by atoms with E-state index in [1.807, 2.05) is 30.4 Å². The van der Waals surface area contributed by atoms with E-state index >= 15 is 0 Å². The van der Waals surface area contributed by atoms with Crippen molar-refractivity contribution in [2.24, 2.45) is 11.5 Å². The van der Waals surface area contributed by atoms with Crippen molar-refractivity contribution in [2.75, 3.05) is 0 Å². The lowest BCUT2D eigenvalue weighted by atomic mass is 9.94. The van der Waals surface area contributed by atoms with E-state index < -0.39 is 5.66 Å². The Balaban J connectivity index is 0.00000112. The molecule has 2 nitrogen and oxygen atoms in total. The molecule has 0 bridgehead atoms. The SMILES string of the molecule is Cl.NC1(N)C=CC(c2ccccc2)=CC1. The average Bonchev–Trinajstić information content (AvgIpc) is 2.19. The molecule has 3 heteroatoms. The van der Waals surface area contributed by atoms with Crippen LogP contribution < -0.4 is 11.5 Å². The van der Waals surface area contributed by atoms with Crippen LogP contribution in [0.2, 0.25) is 0 Å². The van der Waals surface area contributed by atoms with Gasteiger partial charge in [0, 0.05) is 6.42 Å². The number of halogens is 1. The standard InChI is InChI=1S/C12H14N2.ClH/c13-12(14)8-6-11(7-9-12)10-4-2-1-3-5-10;/h1-8H,9,13-14H2;1H. The molecule has 80 valence electrons. The number of allylic oxidation sites excluding steroid dienone is 2. The Hall–Kier alpha value is -1.09. The molecule has 4 N–H and O–H groups in total. The Labute approximate surface area is 96.1 Å². The van der Waals surface area contributed by atoms with E-state index in [-0.39, 0.29) is 12.4 Å². The van der Waals surface area contributed by atoms with Crippen LogP contribution in [0.1, 0.15) is 12.0 Å². The van der Waals surface area contributed by atoms with E-state index in [1.165, 1.54) is 11.1 Å². The van der Waals surface area contributed by atoms with Crippen molar-refractivity contribution in [2.45, 2.75) is 12.1 Å². The molecule has 1 aliphatic carbocycles. The molecule has 1 aliphatic rings. The van der Waals surface area contributed by atoms with Crippen LogP contribution in [0.4, 0.5) is 0 Å². The molecule has 15 heavy (non-hydrogen) atoms. The van der Waals surface area contributed by atoms with Crippen molar-refractivity contribution in [3.63, 3.8) is 0 Å². The highest BCUT2D eigenvalue weighted by Crippen LogP contribution is 2.22. The third-order valence-corrected chi connectivity index (χ3v) is 2.36. The average molecular weight is 223 g/mol. The zero-order valence-electron chi connectivity index (χ0n) is 8.39. The highest BCUT2D eigenvalue weighted by Gasteiger charge is 2.16. The van der Waals surface area contributed by atoms with Gasteiger partial charge in [0.2, 0.25) is 0 Å². The van der Waals surface area contributed by atoms with Crippen LogP contribution >= 0.6 is 12.4 Å². The molecule has 0 radical (unpaired) electrons. The minimum atomic E-state index is -0.668. The van der Waals surface area contributed by atoms with Gasteiger partial charge in [-0.3, -0.25) is 0 Å². The lowest BCUT2D eigenvalue weighted by molar-refractivity contribution is 0.559. The molecular weight excluding hydrogens is 208 g/mol. The molecule has 0 atom stereocenters. The maximum Gasteiger partial charge on any atom is 0.0867 e. The molecule has 1 aromatic carbocycles. The summed E-state index contributed by atoms with van der Waals surface area (Å²) in [5.41, 5.74) is 13.3. The summed E-state index contributed by atoms with van der Waals surface area (Å²) in [5.74, 6) is 0. The number of nitrogens with two attached hydrogens (primary N) is 2. The van der Waals surface area contributed by atoms with Crippen molar-refractivity contribution in [1.82, 2.24) is 0 Å². The predicted octanol–water partition coefficient (Wildman–Crippen LogP) is 2.07. The summed E-state index contributed by atoms with van der Waals surface area (Å²) < 4.78 is 0. The maximum atomic E-state index is 5.76. The molecule has 2 rings (SSSR count). The Bertz CT molecular complexity index is 380. The van der Waals surface area contributed by atoms with Crippen LogP contribution in [0.25, 0.3) is 5.57 Å². The molecule has 0 saturated carbocycles. The van der Waals surface area contributed by atoms with Crippen molar-refractivity contribution in [3.05, 3.63) is 54.1 Å². The summed E-state index contributed by atoms with van der Waals surface area (Å²) in [6.45, 7) is 0. The molecule has 0 amide bonds. The minimum Gasteiger partial charge on any atom is -0.310 e. The fraction of sp³-hybridized carbons (Fsp3) is 0.167. The van der Waals surface area contributed by atoms with Gasteiger partial charge in [0.1, 0.15) is 0 Å². The van der Waals surface area contributed by atoms with E-state index in [4.69, 9.17) is 11.5 Å². The number of benzene rings is 1. The molecule has 1 aromatic rings. The highest BCUT2D eigenvalue weighted by atomic mass is 35.5. The largest absolute Gasteiger partial charge is 0.310 e. The topological polar surface area (TPSA) is 52.0 Å². The Kier molecular flexibility index (Phi) is 3.69. The number of hydrogen-bond acceptors (Lipinski definition) is 2. The van der Waals surface area contributed by atoms with Gasteiger partial charge >= 0.3 is 0 Å². The first kappa shape index (κ1) is 12.0. The summed E-state index contributed by atoms with van der Waals surface area (Å²) >= 11 is 0. The second-order valence-electron chi connectivity index (χ2n) is 3.68. The molecule has 0 saturated heterocycles. The van der Waals surface area contributed by atoms with Gasteiger partial charge in [0.25, 0.3) is 0 Å². The summed E-state index contributed by atoms with van der Waals surface area (Å²) in [6.07, 6.45) is 6.61. The third kappa shape index (κ3) is 2.93. The highest BCUT2D eigenvalue weighted by molar-refractivity contribution is 5.85. The fourth-order valence-electron chi connectivity index (χ4n) is 1.51. The molecule has 0 heterocycles. The lowest BCUT2D eigenvalue weighted by Crippen LogP contribution is -2.47. The minimum absolute atomic E-state index is 0. The lowest BCUT2D eigenvalue weighted by Gasteiger charge is -2.22. The Morgan fingerprint density at radius 1 is 1.07 bits per heavy atom. The van der Waals surface area contributed by atoms with Crippen LogP contribution in [0, 0.1) is 0 Å². The zero-order chi connectivity index (χ0) is 10.0. The summed E-state index contributed by atoms with van der Waals surface area (Å²) in [7, 11) is 0. The molecule has 0 aliphatic heterocycles. The summed E-state index contributed by atoms with van der Waals surface area (Å²) in [6, 6.07) is 10.2. The monoisotopic (exact) mass is 222 g/mol.